The number of anilines is 2. The zero-order valence-corrected chi connectivity index (χ0v) is 12.8. The minimum Gasteiger partial charge on any atom is -0.360 e. The zero-order valence-electron chi connectivity index (χ0n) is 12.0. The Hall–Kier alpha value is -1.62. The molecule has 108 valence electrons. The van der Waals surface area contributed by atoms with E-state index in [0.717, 1.165) is 30.8 Å². The number of carbonyl (C=O) groups is 1. The third kappa shape index (κ3) is 3.70. The molecular weight excluding hydrogens is 270 g/mol. The molecule has 5 heteroatoms. The molecule has 1 aliphatic heterocycles. The standard InChI is InChI=1S/C15H21N3OS/c1-3-11(2)16-15(20)17-12-6-4-7-13(10-12)18-9-5-8-14(18)19/h4,6-7,10-11H,3,5,8-9H2,1-2H3,(H2,16,17,20)/t11-/m1/s1. The first-order chi connectivity index (χ1) is 9.60. The molecule has 1 saturated heterocycles. The van der Waals surface area contributed by atoms with Gasteiger partial charge in [-0.3, -0.25) is 4.79 Å². The van der Waals surface area contributed by atoms with Gasteiger partial charge in [-0.05, 0) is 50.2 Å². The summed E-state index contributed by atoms with van der Waals surface area (Å²) >= 11 is 5.28. The Morgan fingerprint density at radius 2 is 2.30 bits per heavy atom. The summed E-state index contributed by atoms with van der Waals surface area (Å²) in [6, 6.07) is 8.16. The van der Waals surface area contributed by atoms with E-state index in [2.05, 4.69) is 24.5 Å². The van der Waals surface area contributed by atoms with Gasteiger partial charge in [0.2, 0.25) is 5.91 Å². The maximum atomic E-state index is 11.8. The van der Waals surface area contributed by atoms with Gasteiger partial charge in [-0.15, -0.1) is 0 Å². The number of thiocarbonyl (C=S) groups is 1. The van der Waals surface area contributed by atoms with E-state index in [-0.39, 0.29) is 5.91 Å². The summed E-state index contributed by atoms with van der Waals surface area (Å²) in [4.78, 5) is 13.6. The third-order valence-corrected chi connectivity index (χ3v) is 3.70. The van der Waals surface area contributed by atoms with Crippen LogP contribution in [0.1, 0.15) is 33.1 Å². The van der Waals surface area contributed by atoms with Crippen LogP contribution < -0.4 is 15.5 Å². The van der Waals surface area contributed by atoms with Gasteiger partial charge in [0.25, 0.3) is 0 Å². The van der Waals surface area contributed by atoms with Gasteiger partial charge in [-0.25, -0.2) is 0 Å². The van der Waals surface area contributed by atoms with E-state index in [9.17, 15) is 4.79 Å². The summed E-state index contributed by atoms with van der Waals surface area (Å²) in [5.74, 6) is 0.197. The monoisotopic (exact) mass is 291 g/mol. The molecule has 1 fully saturated rings. The molecule has 2 rings (SSSR count). The van der Waals surface area contributed by atoms with Crippen LogP contribution in [0.3, 0.4) is 0 Å². The van der Waals surface area contributed by atoms with Crippen molar-refractivity contribution < 1.29 is 4.79 Å². The molecule has 0 spiro atoms. The molecule has 20 heavy (non-hydrogen) atoms. The van der Waals surface area contributed by atoms with Gasteiger partial charge in [0.15, 0.2) is 5.11 Å². The lowest BCUT2D eigenvalue weighted by Crippen LogP contribution is -2.35. The summed E-state index contributed by atoms with van der Waals surface area (Å²) in [7, 11) is 0. The Balaban J connectivity index is 2.02. The zero-order chi connectivity index (χ0) is 14.5. The van der Waals surface area contributed by atoms with E-state index < -0.39 is 0 Å². The lowest BCUT2D eigenvalue weighted by Gasteiger charge is -2.18. The van der Waals surface area contributed by atoms with Crippen LogP contribution in [0.4, 0.5) is 11.4 Å². The molecule has 2 N–H and O–H groups in total. The molecule has 1 aromatic carbocycles. The normalized spacial score (nSPS) is 16.1. The molecule has 1 aliphatic rings. The van der Waals surface area contributed by atoms with Crippen molar-refractivity contribution in [2.24, 2.45) is 0 Å². The van der Waals surface area contributed by atoms with Crippen molar-refractivity contribution in [1.29, 1.82) is 0 Å². The van der Waals surface area contributed by atoms with E-state index >= 15 is 0 Å². The van der Waals surface area contributed by atoms with Crippen molar-refractivity contribution in [3.8, 4) is 0 Å². The molecule has 0 aliphatic carbocycles. The van der Waals surface area contributed by atoms with E-state index in [1.807, 2.05) is 29.2 Å². The number of nitrogens with zero attached hydrogens (tertiary/aromatic N) is 1. The summed E-state index contributed by atoms with van der Waals surface area (Å²) in [6.07, 6.45) is 2.60. The van der Waals surface area contributed by atoms with E-state index in [0.29, 0.717) is 17.6 Å². The summed E-state index contributed by atoms with van der Waals surface area (Å²) in [5.41, 5.74) is 1.84. The molecule has 0 unspecified atom stereocenters. The predicted octanol–water partition coefficient (Wildman–Crippen LogP) is 2.90. The van der Waals surface area contributed by atoms with Gasteiger partial charge < -0.3 is 15.5 Å². The van der Waals surface area contributed by atoms with Crippen LogP contribution in [-0.2, 0) is 4.79 Å². The second kappa shape index (κ2) is 6.70. The van der Waals surface area contributed by atoms with Gasteiger partial charge in [-0.2, -0.15) is 0 Å². The van der Waals surface area contributed by atoms with Gasteiger partial charge in [0.1, 0.15) is 0 Å². The van der Waals surface area contributed by atoms with E-state index in [1.165, 1.54) is 0 Å². The van der Waals surface area contributed by atoms with Gasteiger partial charge in [-0.1, -0.05) is 13.0 Å². The molecular formula is C15H21N3OS. The number of hydrogen-bond donors (Lipinski definition) is 2. The van der Waals surface area contributed by atoms with Crippen molar-refractivity contribution in [2.45, 2.75) is 39.2 Å². The number of amides is 1. The molecule has 1 heterocycles. The Labute approximate surface area is 125 Å². The Morgan fingerprint density at radius 3 is 2.95 bits per heavy atom. The fourth-order valence-corrected chi connectivity index (χ4v) is 2.48. The first kappa shape index (κ1) is 14.8. The minimum atomic E-state index is 0.197. The van der Waals surface area contributed by atoms with Crippen molar-refractivity contribution in [3.63, 3.8) is 0 Å². The first-order valence-electron chi connectivity index (χ1n) is 7.08. The number of rotatable bonds is 4. The fraction of sp³-hybridized carbons (Fsp3) is 0.467. The van der Waals surface area contributed by atoms with Crippen LogP contribution in [0.5, 0.6) is 0 Å². The molecule has 1 atom stereocenters. The average molecular weight is 291 g/mol. The topological polar surface area (TPSA) is 44.4 Å². The highest BCUT2D eigenvalue weighted by Crippen LogP contribution is 2.24. The molecule has 4 nitrogen and oxygen atoms in total. The quantitative estimate of drug-likeness (QED) is 0.837. The van der Waals surface area contributed by atoms with E-state index in [1.54, 1.807) is 0 Å². The number of hydrogen-bond acceptors (Lipinski definition) is 2. The second-order valence-corrected chi connectivity index (χ2v) is 5.52. The highest BCUT2D eigenvalue weighted by Gasteiger charge is 2.21. The third-order valence-electron chi connectivity index (χ3n) is 3.48. The number of benzene rings is 1. The minimum absolute atomic E-state index is 0.197. The molecule has 1 amide bonds. The lowest BCUT2D eigenvalue weighted by atomic mass is 10.2. The lowest BCUT2D eigenvalue weighted by molar-refractivity contribution is -0.117. The van der Waals surface area contributed by atoms with Crippen molar-refractivity contribution in [1.82, 2.24) is 5.32 Å². The highest BCUT2D eigenvalue weighted by atomic mass is 32.1. The van der Waals surface area contributed by atoms with Crippen molar-refractivity contribution in [3.05, 3.63) is 24.3 Å². The van der Waals surface area contributed by atoms with Crippen LogP contribution in [0.15, 0.2) is 24.3 Å². The Bertz CT molecular complexity index is 504. The van der Waals surface area contributed by atoms with Crippen LogP contribution >= 0.6 is 12.2 Å². The average Bonchev–Trinajstić information content (AvgIpc) is 2.85. The Kier molecular flexibility index (Phi) is 4.95. The van der Waals surface area contributed by atoms with Crippen LogP contribution in [0.25, 0.3) is 0 Å². The number of nitrogens with one attached hydrogen (secondary N) is 2. The smallest absolute Gasteiger partial charge is 0.227 e. The van der Waals surface area contributed by atoms with E-state index in [4.69, 9.17) is 12.2 Å². The summed E-state index contributed by atoms with van der Waals surface area (Å²) < 4.78 is 0. The predicted molar refractivity (Wildman–Crippen MR) is 87.1 cm³/mol. The number of carbonyl (C=O) groups excluding carboxylic acids is 1. The molecule has 1 aromatic rings. The van der Waals surface area contributed by atoms with Crippen LogP contribution in [-0.4, -0.2) is 23.6 Å². The summed E-state index contributed by atoms with van der Waals surface area (Å²) in [6.45, 7) is 5.01. The molecule has 0 aromatic heterocycles. The maximum Gasteiger partial charge on any atom is 0.227 e. The molecule has 0 radical (unpaired) electrons. The molecule has 0 bridgehead atoms. The van der Waals surface area contributed by atoms with Crippen LogP contribution in [0.2, 0.25) is 0 Å². The second-order valence-electron chi connectivity index (χ2n) is 5.11. The Morgan fingerprint density at radius 1 is 1.50 bits per heavy atom. The van der Waals surface area contributed by atoms with Gasteiger partial charge in [0, 0.05) is 30.4 Å². The molecule has 0 saturated carbocycles. The fourth-order valence-electron chi connectivity index (χ4n) is 2.17. The maximum absolute atomic E-state index is 11.8. The van der Waals surface area contributed by atoms with Gasteiger partial charge >= 0.3 is 0 Å². The SMILES string of the molecule is CC[C@@H](C)NC(=S)Nc1cccc(N2CCCC2=O)c1. The largest absolute Gasteiger partial charge is 0.360 e. The van der Waals surface area contributed by atoms with Crippen molar-refractivity contribution in [2.75, 3.05) is 16.8 Å². The van der Waals surface area contributed by atoms with Gasteiger partial charge in [0.05, 0.1) is 0 Å². The highest BCUT2D eigenvalue weighted by molar-refractivity contribution is 7.80. The van der Waals surface area contributed by atoms with Crippen molar-refractivity contribution >= 4 is 34.6 Å². The van der Waals surface area contributed by atoms with Crippen LogP contribution in [0, 0.1) is 0 Å². The first-order valence-corrected chi connectivity index (χ1v) is 7.49. The summed E-state index contributed by atoms with van der Waals surface area (Å²) in [5, 5.41) is 7.00.